The maximum Gasteiger partial charge on any atom is 0.232 e. The van der Waals surface area contributed by atoms with Gasteiger partial charge in [0.2, 0.25) is 5.91 Å². The van der Waals surface area contributed by atoms with Crippen LogP contribution in [0.2, 0.25) is 0 Å². The molecule has 0 bridgehead atoms. The predicted molar refractivity (Wildman–Crippen MR) is 95.4 cm³/mol. The quantitative estimate of drug-likeness (QED) is 0.832. The van der Waals surface area contributed by atoms with Gasteiger partial charge in [-0.1, -0.05) is 30.3 Å². The number of aromatic nitrogens is 2. The predicted octanol–water partition coefficient (Wildman–Crippen LogP) is 3.93. The lowest BCUT2D eigenvalue weighted by Crippen LogP contribution is -2.45. The third-order valence-electron chi connectivity index (χ3n) is 4.62. The molecule has 1 aromatic carbocycles. The largest absolute Gasteiger partial charge is 0.384 e. The molecular formula is C18H23N3O2S. The number of nitrogens with zero attached hydrogens (tertiary/aromatic N) is 1. The van der Waals surface area contributed by atoms with Crippen LogP contribution in [-0.2, 0) is 9.53 Å². The van der Waals surface area contributed by atoms with Crippen molar-refractivity contribution in [2.75, 3.05) is 19.0 Å². The first-order valence-electron chi connectivity index (χ1n) is 8.14. The Morgan fingerprint density at radius 1 is 1.38 bits per heavy atom. The second-order valence-electron chi connectivity index (χ2n) is 6.38. The molecule has 2 N–H and O–H groups in total. The number of aryl methyl sites for hydroxylation is 2. The molecule has 0 spiro atoms. The number of carbonyl (C=O) groups excluding carboxylic acids is 1. The fraction of sp³-hybridized carbons (Fsp3) is 0.444. The number of ether oxygens (including phenoxy) is 1. The van der Waals surface area contributed by atoms with Crippen LogP contribution in [0.5, 0.6) is 0 Å². The Balaban J connectivity index is 1.81. The van der Waals surface area contributed by atoms with Crippen LogP contribution in [0.3, 0.4) is 0 Å². The molecule has 1 aliphatic rings. The van der Waals surface area contributed by atoms with Gasteiger partial charge in [0.15, 0.2) is 0 Å². The van der Waals surface area contributed by atoms with Gasteiger partial charge in [-0.3, -0.25) is 9.89 Å². The zero-order chi connectivity index (χ0) is 17.2. The summed E-state index contributed by atoms with van der Waals surface area (Å²) in [4.78, 5) is 14.9. The number of benzene rings is 1. The summed E-state index contributed by atoms with van der Waals surface area (Å²) in [6, 6.07) is 7.90. The van der Waals surface area contributed by atoms with Gasteiger partial charge in [0.25, 0.3) is 0 Å². The van der Waals surface area contributed by atoms with Gasteiger partial charge in [-0.25, -0.2) is 0 Å². The SMILES string of the molecule is COCC1(C(=O)Nc2ccccc2Sc2c(C)n[nH]c2C)CCC1. The number of hydrogen-bond donors (Lipinski definition) is 2. The van der Waals surface area contributed by atoms with Crippen molar-refractivity contribution < 1.29 is 9.53 Å². The van der Waals surface area contributed by atoms with Gasteiger partial charge in [0, 0.05) is 17.7 Å². The van der Waals surface area contributed by atoms with E-state index in [1.807, 2.05) is 38.1 Å². The number of amides is 1. The summed E-state index contributed by atoms with van der Waals surface area (Å²) in [6.07, 6.45) is 2.87. The van der Waals surface area contributed by atoms with Gasteiger partial charge in [0.05, 0.1) is 28.3 Å². The fourth-order valence-electron chi connectivity index (χ4n) is 3.03. The van der Waals surface area contributed by atoms with Crippen LogP contribution in [0.1, 0.15) is 30.7 Å². The fourth-order valence-corrected chi connectivity index (χ4v) is 4.02. The minimum absolute atomic E-state index is 0.0595. The molecule has 0 saturated heterocycles. The van der Waals surface area contributed by atoms with Crippen LogP contribution < -0.4 is 5.32 Å². The van der Waals surface area contributed by atoms with Gasteiger partial charge in [0.1, 0.15) is 0 Å². The summed E-state index contributed by atoms with van der Waals surface area (Å²) in [6.45, 7) is 4.47. The smallest absolute Gasteiger partial charge is 0.232 e. The molecule has 1 saturated carbocycles. The average molecular weight is 345 g/mol. The average Bonchev–Trinajstić information content (AvgIpc) is 2.84. The van der Waals surface area contributed by atoms with Crippen molar-refractivity contribution >= 4 is 23.4 Å². The maximum absolute atomic E-state index is 12.8. The lowest BCUT2D eigenvalue weighted by atomic mass is 9.68. The Labute approximate surface area is 146 Å². The molecule has 1 aromatic heterocycles. The molecule has 24 heavy (non-hydrogen) atoms. The molecule has 1 amide bonds. The van der Waals surface area contributed by atoms with E-state index in [1.165, 1.54) is 0 Å². The first-order chi connectivity index (χ1) is 11.6. The number of anilines is 1. The number of para-hydroxylation sites is 1. The Morgan fingerprint density at radius 3 is 2.71 bits per heavy atom. The van der Waals surface area contributed by atoms with Crippen molar-refractivity contribution in [2.24, 2.45) is 5.41 Å². The van der Waals surface area contributed by atoms with Gasteiger partial charge < -0.3 is 10.1 Å². The molecule has 0 unspecified atom stereocenters. The molecule has 128 valence electrons. The van der Waals surface area contributed by atoms with Crippen LogP contribution in [0, 0.1) is 19.3 Å². The van der Waals surface area contributed by atoms with E-state index in [0.29, 0.717) is 6.61 Å². The zero-order valence-electron chi connectivity index (χ0n) is 14.3. The molecule has 0 aliphatic heterocycles. The van der Waals surface area contributed by atoms with Crippen molar-refractivity contribution in [1.29, 1.82) is 0 Å². The highest BCUT2D eigenvalue weighted by atomic mass is 32.2. The second-order valence-corrected chi connectivity index (χ2v) is 7.43. The summed E-state index contributed by atoms with van der Waals surface area (Å²) < 4.78 is 5.28. The number of hydrogen-bond acceptors (Lipinski definition) is 4. The van der Waals surface area contributed by atoms with E-state index in [9.17, 15) is 4.79 Å². The summed E-state index contributed by atoms with van der Waals surface area (Å²) in [5.74, 6) is 0.0595. The monoisotopic (exact) mass is 345 g/mol. The minimum Gasteiger partial charge on any atom is -0.384 e. The van der Waals surface area contributed by atoms with Gasteiger partial charge >= 0.3 is 0 Å². The number of rotatable bonds is 6. The first kappa shape index (κ1) is 17.0. The summed E-state index contributed by atoms with van der Waals surface area (Å²) in [7, 11) is 1.65. The lowest BCUT2D eigenvalue weighted by Gasteiger charge is -2.39. The highest BCUT2D eigenvalue weighted by Crippen LogP contribution is 2.43. The molecule has 1 aliphatic carbocycles. The molecular weight excluding hydrogens is 322 g/mol. The molecule has 3 rings (SSSR count). The Kier molecular flexibility index (Phi) is 4.96. The minimum atomic E-state index is -0.367. The van der Waals surface area contributed by atoms with Crippen LogP contribution in [0.15, 0.2) is 34.1 Å². The van der Waals surface area contributed by atoms with E-state index in [4.69, 9.17) is 4.74 Å². The Bertz CT molecular complexity index is 718. The van der Waals surface area contributed by atoms with Crippen molar-refractivity contribution in [3.8, 4) is 0 Å². The summed E-state index contributed by atoms with van der Waals surface area (Å²) in [5.41, 5.74) is 2.48. The molecule has 0 radical (unpaired) electrons. The molecule has 2 aromatic rings. The van der Waals surface area contributed by atoms with Crippen LogP contribution >= 0.6 is 11.8 Å². The van der Waals surface area contributed by atoms with Crippen molar-refractivity contribution in [1.82, 2.24) is 10.2 Å². The Hall–Kier alpha value is -1.79. The number of aromatic amines is 1. The molecule has 6 heteroatoms. The van der Waals surface area contributed by atoms with E-state index in [-0.39, 0.29) is 11.3 Å². The van der Waals surface area contributed by atoms with Crippen molar-refractivity contribution in [3.05, 3.63) is 35.7 Å². The number of H-pyrrole nitrogens is 1. The normalized spacial score (nSPS) is 15.8. The standard InChI is InChI=1S/C18H23N3O2S/c1-12-16(13(2)21-20-12)24-15-8-5-4-7-14(15)19-17(22)18(11-23-3)9-6-10-18/h4-5,7-8H,6,9-11H2,1-3H3,(H,19,22)(H,20,21). The molecule has 0 atom stereocenters. The number of methoxy groups -OCH3 is 1. The van der Waals surface area contributed by atoms with Crippen LogP contribution in [-0.4, -0.2) is 29.8 Å². The third kappa shape index (κ3) is 3.21. The zero-order valence-corrected chi connectivity index (χ0v) is 15.1. The van der Waals surface area contributed by atoms with E-state index >= 15 is 0 Å². The van der Waals surface area contributed by atoms with E-state index < -0.39 is 0 Å². The highest BCUT2D eigenvalue weighted by Gasteiger charge is 2.44. The summed E-state index contributed by atoms with van der Waals surface area (Å²) >= 11 is 1.63. The van der Waals surface area contributed by atoms with Gasteiger partial charge in [-0.15, -0.1) is 0 Å². The van der Waals surface area contributed by atoms with E-state index in [0.717, 1.165) is 46.1 Å². The summed E-state index contributed by atoms with van der Waals surface area (Å²) in [5, 5.41) is 10.4. The van der Waals surface area contributed by atoms with Crippen molar-refractivity contribution in [3.63, 3.8) is 0 Å². The third-order valence-corrected chi connectivity index (χ3v) is 6.00. The second kappa shape index (κ2) is 6.99. The molecule has 1 heterocycles. The van der Waals surface area contributed by atoms with Crippen molar-refractivity contribution in [2.45, 2.75) is 42.9 Å². The van der Waals surface area contributed by atoms with Gasteiger partial charge in [-0.05, 0) is 38.8 Å². The topological polar surface area (TPSA) is 67.0 Å². The van der Waals surface area contributed by atoms with Crippen LogP contribution in [0.4, 0.5) is 5.69 Å². The van der Waals surface area contributed by atoms with E-state index in [1.54, 1.807) is 18.9 Å². The molecule has 5 nitrogen and oxygen atoms in total. The first-order valence-corrected chi connectivity index (χ1v) is 8.96. The lowest BCUT2D eigenvalue weighted by molar-refractivity contribution is -0.134. The van der Waals surface area contributed by atoms with E-state index in [2.05, 4.69) is 15.5 Å². The number of nitrogens with one attached hydrogen (secondary N) is 2. The highest BCUT2D eigenvalue weighted by molar-refractivity contribution is 7.99. The Morgan fingerprint density at radius 2 is 2.12 bits per heavy atom. The maximum atomic E-state index is 12.8. The number of carbonyl (C=O) groups is 1. The van der Waals surface area contributed by atoms with Gasteiger partial charge in [-0.2, -0.15) is 5.10 Å². The molecule has 1 fully saturated rings. The van der Waals surface area contributed by atoms with Crippen LogP contribution in [0.25, 0.3) is 0 Å².